The summed E-state index contributed by atoms with van der Waals surface area (Å²) in [4.78, 5) is 27.8. The van der Waals surface area contributed by atoms with Crippen LogP contribution in [0.1, 0.15) is 31.7 Å². The zero-order chi connectivity index (χ0) is 18.7. The van der Waals surface area contributed by atoms with Gasteiger partial charge in [0, 0.05) is 32.2 Å². The third kappa shape index (κ3) is 4.36. The highest BCUT2D eigenvalue weighted by atomic mass is 16.4. The molecule has 2 N–H and O–H groups in total. The SMILES string of the molecule is CN(Cc1ccccc1)C(CNC(=O)N1CCC(C)(C(=O)O)C1)C1CC1. The van der Waals surface area contributed by atoms with Crippen LogP contribution >= 0.6 is 0 Å². The van der Waals surface area contributed by atoms with Crippen LogP contribution in [0.15, 0.2) is 30.3 Å². The molecule has 142 valence electrons. The fourth-order valence-corrected chi connectivity index (χ4v) is 3.76. The van der Waals surface area contributed by atoms with Gasteiger partial charge in [0.2, 0.25) is 0 Å². The lowest BCUT2D eigenvalue weighted by molar-refractivity contribution is -0.147. The van der Waals surface area contributed by atoms with Crippen LogP contribution < -0.4 is 5.32 Å². The Morgan fingerprint density at radius 1 is 1.35 bits per heavy atom. The van der Waals surface area contributed by atoms with Crippen molar-refractivity contribution in [2.24, 2.45) is 11.3 Å². The first kappa shape index (κ1) is 18.7. The first-order valence-electron chi connectivity index (χ1n) is 9.39. The third-order valence-corrected chi connectivity index (χ3v) is 5.75. The van der Waals surface area contributed by atoms with Crippen LogP contribution in [0.3, 0.4) is 0 Å². The topological polar surface area (TPSA) is 72.9 Å². The second-order valence-electron chi connectivity index (χ2n) is 8.03. The molecule has 1 aromatic carbocycles. The highest BCUT2D eigenvalue weighted by Crippen LogP contribution is 2.35. The Balaban J connectivity index is 1.53. The molecule has 1 aliphatic heterocycles. The van der Waals surface area contributed by atoms with Crippen molar-refractivity contribution < 1.29 is 14.7 Å². The number of hydrogen-bond donors (Lipinski definition) is 2. The number of aliphatic carboxylic acids is 1. The van der Waals surface area contributed by atoms with Gasteiger partial charge < -0.3 is 15.3 Å². The molecule has 1 aliphatic carbocycles. The molecule has 2 amide bonds. The summed E-state index contributed by atoms with van der Waals surface area (Å²) in [6.45, 7) is 3.96. The van der Waals surface area contributed by atoms with Gasteiger partial charge in [-0.05, 0) is 44.7 Å². The molecule has 0 aromatic heterocycles. The van der Waals surface area contributed by atoms with Crippen LogP contribution in [0.5, 0.6) is 0 Å². The number of likely N-dealkylation sites (N-methyl/N-ethyl adjacent to an activating group) is 1. The van der Waals surface area contributed by atoms with Crippen LogP contribution in [0.2, 0.25) is 0 Å². The van der Waals surface area contributed by atoms with Crippen LogP contribution in [0, 0.1) is 11.3 Å². The molecular formula is C20H29N3O3. The lowest BCUT2D eigenvalue weighted by Crippen LogP contribution is -2.47. The summed E-state index contributed by atoms with van der Waals surface area (Å²) in [5.74, 6) is -0.196. The maximum Gasteiger partial charge on any atom is 0.317 e. The van der Waals surface area contributed by atoms with Gasteiger partial charge in [0.15, 0.2) is 0 Å². The molecule has 6 heteroatoms. The van der Waals surface area contributed by atoms with Gasteiger partial charge in [-0.25, -0.2) is 4.79 Å². The average Bonchev–Trinajstić information content (AvgIpc) is 3.36. The van der Waals surface area contributed by atoms with Crippen LogP contribution in [0.25, 0.3) is 0 Å². The van der Waals surface area contributed by atoms with Gasteiger partial charge in [-0.3, -0.25) is 9.69 Å². The number of rotatable bonds is 7. The van der Waals surface area contributed by atoms with Crippen molar-refractivity contribution in [1.29, 1.82) is 0 Å². The zero-order valence-corrected chi connectivity index (χ0v) is 15.6. The summed E-state index contributed by atoms with van der Waals surface area (Å²) in [5.41, 5.74) is 0.445. The Morgan fingerprint density at radius 3 is 2.62 bits per heavy atom. The van der Waals surface area contributed by atoms with Crippen LogP contribution in [-0.4, -0.2) is 59.6 Å². The van der Waals surface area contributed by atoms with Gasteiger partial charge in [0.1, 0.15) is 0 Å². The maximum atomic E-state index is 12.5. The van der Waals surface area contributed by atoms with Crippen molar-refractivity contribution in [3.8, 4) is 0 Å². The lowest BCUT2D eigenvalue weighted by atomic mass is 9.90. The number of carboxylic acids is 1. The molecule has 6 nitrogen and oxygen atoms in total. The van der Waals surface area contributed by atoms with Gasteiger partial charge in [0.25, 0.3) is 0 Å². The number of hydrogen-bond acceptors (Lipinski definition) is 3. The third-order valence-electron chi connectivity index (χ3n) is 5.75. The summed E-state index contributed by atoms with van der Waals surface area (Å²) in [7, 11) is 2.11. The molecule has 0 radical (unpaired) electrons. The van der Waals surface area contributed by atoms with E-state index in [0.717, 1.165) is 6.54 Å². The number of likely N-dealkylation sites (tertiary alicyclic amines) is 1. The number of urea groups is 1. The Bertz CT molecular complexity index is 647. The maximum absolute atomic E-state index is 12.5. The van der Waals surface area contributed by atoms with Gasteiger partial charge in [-0.15, -0.1) is 0 Å². The summed E-state index contributed by atoms with van der Waals surface area (Å²) in [6, 6.07) is 10.5. The molecule has 2 fully saturated rings. The van der Waals surface area contributed by atoms with E-state index in [-0.39, 0.29) is 12.6 Å². The molecule has 2 unspecified atom stereocenters. The quantitative estimate of drug-likeness (QED) is 0.784. The van der Waals surface area contributed by atoms with Gasteiger partial charge in [-0.2, -0.15) is 0 Å². The minimum Gasteiger partial charge on any atom is -0.481 e. The summed E-state index contributed by atoms with van der Waals surface area (Å²) >= 11 is 0. The second-order valence-corrected chi connectivity index (χ2v) is 8.03. The van der Waals surface area contributed by atoms with Crippen LogP contribution in [-0.2, 0) is 11.3 Å². The molecule has 2 atom stereocenters. The minimum atomic E-state index is -0.828. The van der Waals surface area contributed by atoms with E-state index in [2.05, 4.69) is 29.4 Å². The number of nitrogens with one attached hydrogen (secondary N) is 1. The van der Waals surface area contributed by atoms with Crippen molar-refractivity contribution >= 4 is 12.0 Å². The number of nitrogens with zero attached hydrogens (tertiary/aromatic N) is 2. The van der Waals surface area contributed by atoms with E-state index in [1.807, 2.05) is 18.2 Å². The number of benzene rings is 1. The predicted octanol–water partition coefficient (Wildman–Crippen LogP) is 2.40. The van der Waals surface area contributed by atoms with E-state index >= 15 is 0 Å². The molecule has 3 rings (SSSR count). The summed E-state index contributed by atoms with van der Waals surface area (Å²) in [6.07, 6.45) is 2.93. The summed E-state index contributed by atoms with van der Waals surface area (Å²) in [5, 5.41) is 12.4. The first-order valence-corrected chi connectivity index (χ1v) is 9.39. The molecule has 26 heavy (non-hydrogen) atoms. The fraction of sp³-hybridized carbons (Fsp3) is 0.600. The highest BCUT2D eigenvalue weighted by Gasteiger charge is 2.42. The first-order chi connectivity index (χ1) is 12.4. The van der Waals surface area contributed by atoms with E-state index in [0.29, 0.717) is 31.5 Å². The lowest BCUT2D eigenvalue weighted by Gasteiger charge is -2.29. The Labute approximate surface area is 155 Å². The largest absolute Gasteiger partial charge is 0.481 e. The molecular weight excluding hydrogens is 330 g/mol. The zero-order valence-electron chi connectivity index (χ0n) is 15.6. The number of carboxylic acid groups (broad SMARTS) is 1. The van der Waals surface area contributed by atoms with E-state index in [1.165, 1.54) is 18.4 Å². The van der Waals surface area contributed by atoms with E-state index < -0.39 is 11.4 Å². The normalized spacial score (nSPS) is 23.9. The van der Waals surface area contributed by atoms with Gasteiger partial charge in [0.05, 0.1) is 5.41 Å². The van der Waals surface area contributed by atoms with Crippen molar-refractivity contribution in [3.63, 3.8) is 0 Å². The summed E-state index contributed by atoms with van der Waals surface area (Å²) < 4.78 is 0. The number of carbonyl (C=O) groups excluding carboxylic acids is 1. The van der Waals surface area contributed by atoms with Gasteiger partial charge in [-0.1, -0.05) is 30.3 Å². The minimum absolute atomic E-state index is 0.145. The monoisotopic (exact) mass is 359 g/mol. The van der Waals surface area contributed by atoms with Crippen molar-refractivity contribution in [2.45, 2.75) is 38.8 Å². The molecule has 1 aromatic rings. The molecule has 2 aliphatic rings. The molecule has 1 saturated heterocycles. The average molecular weight is 359 g/mol. The Morgan fingerprint density at radius 2 is 2.04 bits per heavy atom. The van der Waals surface area contributed by atoms with E-state index in [1.54, 1.807) is 11.8 Å². The predicted molar refractivity (Wildman–Crippen MR) is 99.8 cm³/mol. The number of amides is 2. The van der Waals surface area contributed by atoms with Crippen molar-refractivity contribution in [3.05, 3.63) is 35.9 Å². The van der Waals surface area contributed by atoms with Crippen LogP contribution in [0.4, 0.5) is 4.79 Å². The molecule has 1 heterocycles. The molecule has 0 spiro atoms. The van der Waals surface area contributed by atoms with E-state index in [9.17, 15) is 14.7 Å². The van der Waals surface area contributed by atoms with Crippen molar-refractivity contribution in [2.75, 3.05) is 26.7 Å². The molecule has 1 saturated carbocycles. The smallest absolute Gasteiger partial charge is 0.317 e. The molecule has 0 bridgehead atoms. The standard InChI is InChI=1S/C20H29N3O3/c1-20(18(24)25)10-11-23(14-20)19(26)21-12-17(16-8-9-16)22(2)13-15-6-4-3-5-7-15/h3-7,16-17H,8-14H2,1-2H3,(H,21,26)(H,24,25). The Kier molecular flexibility index (Phi) is 5.51. The number of carbonyl (C=O) groups is 2. The van der Waals surface area contributed by atoms with E-state index in [4.69, 9.17) is 0 Å². The Hall–Kier alpha value is -2.08. The highest BCUT2D eigenvalue weighted by molar-refractivity contribution is 5.79. The van der Waals surface area contributed by atoms with Gasteiger partial charge >= 0.3 is 12.0 Å². The second kappa shape index (κ2) is 7.66. The fourth-order valence-electron chi connectivity index (χ4n) is 3.76. The van der Waals surface area contributed by atoms with Crippen molar-refractivity contribution in [1.82, 2.24) is 15.1 Å².